The Morgan fingerprint density at radius 3 is 1.81 bits per heavy atom. The maximum atomic E-state index is 13.5. The van der Waals surface area contributed by atoms with Crippen LogP contribution in [0.15, 0.2) is 114 Å². The Bertz CT molecular complexity index is 1290. The Morgan fingerprint density at radius 2 is 1.23 bits per heavy atom. The summed E-state index contributed by atoms with van der Waals surface area (Å²) in [7, 11) is 0. The van der Waals surface area contributed by atoms with E-state index in [1.165, 1.54) is 0 Å². The standard InChI is InChI=1S/C28H18N2O/c29-19-20-15-17-21(18-16-20)26-27(31)24-13-7-8-14-25(24)28(30-26,22-9-3-1-4-10-22)23-11-5-2-6-12-23/h1-18H. The Balaban J connectivity index is 1.87. The summed E-state index contributed by atoms with van der Waals surface area (Å²) in [5.41, 5.74) is 4.30. The van der Waals surface area contributed by atoms with Crippen LogP contribution in [0.1, 0.15) is 38.2 Å². The second-order valence-corrected chi connectivity index (χ2v) is 7.47. The van der Waals surface area contributed by atoms with Crippen molar-refractivity contribution in [2.45, 2.75) is 5.54 Å². The average molecular weight is 398 g/mol. The molecule has 0 radical (unpaired) electrons. The highest BCUT2D eigenvalue weighted by Gasteiger charge is 2.43. The molecule has 0 aliphatic carbocycles. The first-order valence-electron chi connectivity index (χ1n) is 10.1. The molecule has 0 saturated heterocycles. The molecule has 0 fully saturated rings. The molecule has 0 saturated carbocycles. The fourth-order valence-corrected chi connectivity index (χ4v) is 4.27. The largest absolute Gasteiger partial charge is 0.287 e. The highest BCUT2D eigenvalue weighted by atomic mass is 16.1. The van der Waals surface area contributed by atoms with E-state index < -0.39 is 5.54 Å². The number of nitriles is 1. The Hall–Kier alpha value is -4.29. The van der Waals surface area contributed by atoms with E-state index in [1.54, 1.807) is 24.3 Å². The van der Waals surface area contributed by atoms with Crippen LogP contribution in [0.3, 0.4) is 0 Å². The Labute approximate surface area is 181 Å². The molecule has 4 aromatic carbocycles. The van der Waals surface area contributed by atoms with E-state index in [2.05, 4.69) is 30.3 Å². The van der Waals surface area contributed by atoms with Crippen molar-refractivity contribution in [2.75, 3.05) is 0 Å². The second-order valence-electron chi connectivity index (χ2n) is 7.47. The normalized spacial score (nSPS) is 14.3. The first-order chi connectivity index (χ1) is 15.2. The van der Waals surface area contributed by atoms with Crippen molar-refractivity contribution in [1.82, 2.24) is 0 Å². The van der Waals surface area contributed by atoms with Crippen molar-refractivity contribution >= 4 is 11.5 Å². The van der Waals surface area contributed by atoms with Gasteiger partial charge in [0.1, 0.15) is 11.3 Å². The number of benzene rings is 4. The molecule has 3 heteroatoms. The van der Waals surface area contributed by atoms with E-state index in [-0.39, 0.29) is 5.78 Å². The fourth-order valence-electron chi connectivity index (χ4n) is 4.27. The first-order valence-corrected chi connectivity index (χ1v) is 10.1. The van der Waals surface area contributed by atoms with Crippen LogP contribution in [0.4, 0.5) is 0 Å². The van der Waals surface area contributed by atoms with E-state index in [4.69, 9.17) is 10.3 Å². The number of rotatable bonds is 3. The van der Waals surface area contributed by atoms with Crippen molar-refractivity contribution in [1.29, 1.82) is 5.26 Å². The third kappa shape index (κ3) is 2.97. The number of carbonyl (C=O) groups excluding carboxylic acids is 1. The van der Waals surface area contributed by atoms with Gasteiger partial charge < -0.3 is 0 Å². The quantitative estimate of drug-likeness (QED) is 0.455. The van der Waals surface area contributed by atoms with Gasteiger partial charge in [0, 0.05) is 11.1 Å². The molecule has 0 spiro atoms. The minimum Gasteiger partial charge on any atom is -0.287 e. The van der Waals surface area contributed by atoms with Crippen LogP contribution >= 0.6 is 0 Å². The summed E-state index contributed by atoms with van der Waals surface area (Å²) in [6.45, 7) is 0. The molecule has 1 aliphatic rings. The lowest BCUT2D eigenvalue weighted by atomic mass is 9.72. The molecule has 3 nitrogen and oxygen atoms in total. The van der Waals surface area contributed by atoms with Gasteiger partial charge >= 0.3 is 0 Å². The van der Waals surface area contributed by atoms with Gasteiger partial charge in [-0.05, 0) is 28.8 Å². The lowest BCUT2D eigenvalue weighted by Gasteiger charge is -2.37. The van der Waals surface area contributed by atoms with E-state index in [1.807, 2.05) is 60.7 Å². The van der Waals surface area contributed by atoms with E-state index in [0.717, 1.165) is 16.7 Å². The molecule has 0 amide bonds. The summed E-state index contributed by atoms with van der Waals surface area (Å²) in [6.07, 6.45) is 0. The maximum absolute atomic E-state index is 13.5. The molecule has 0 atom stereocenters. The molecule has 0 aromatic heterocycles. The number of hydrogen-bond donors (Lipinski definition) is 0. The highest BCUT2D eigenvalue weighted by Crippen LogP contribution is 2.45. The number of nitrogens with zero attached hydrogens (tertiary/aromatic N) is 2. The average Bonchev–Trinajstić information content (AvgIpc) is 2.86. The van der Waals surface area contributed by atoms with Crippen molar-refractivity contribution in [3.05, 3.63) is 143 Å². The number of aliphatic imine (C=N–C) groups is 1. The van der Waals surface area contributed by atoms with E-state index >= 15 is 0 Å². The molecule has 0 unspecified atom stereocenters. The van der Waals surface area contributed by atoms with E-state index in [0.29, 0.717) is 22.4 Å². The number of hydrogen-bond acceptors (Lipinski definition) is 3. The number of Topliss-reactive ketones (excluding diaryl/α,β-unsaturated/α-hetero) is 1. The molecule has 5 rings (SSSR count). The van der Waals surface area contributed by atoms with Crippen LogP contribution in [0.5, 0.6) is 0 Å². The van der Waals surface area contributed by atoms with Crippen LogP contribution in [-0.4, -0.2) is 11.5 Å². The summed E-state index contributed by atoms with van der Waals surface area (Å²) in [6, 6.07) is 37.0. The summed E-state index contributed by atoms with van der Waals surface area (Å²) >= 11 is 0. The molecule has 146 valence electrons. The Morgan fingerprint density at radius 1 is 0.677 bits per heavy atom. The third-order valence-corrected chi connectivity index (χ3v) is 5.73. The zero-order chi connectivity index (χ0) is 21.3. The number of carbonyl (C=O) groups is 1. The molecule has 0 N–H and O–H groups in total. The predicted molar refractivity (Wildman–Crippen MR) is 121 cm³/mol. The van der Waals surface area contributed by atoms with Crippen molar-refractivity contribution in [3.8, 4) is 6.07 Å². The van der Waals surface area contributed by atoms with Crippen LogP contribution < -0.4 is 0 Å². The maximum Gasteiger partial charge on any atom is 0.211 e. The SMILES string of the molecule is N#Cc1ccc(C2=NC(c3ccccc3)(c3ccccc3)c3ccccc3C2=O)cc1. The van der Waals surface area contributed by atoms with Crippen molar-refractivity contribution < 1.29 is 4.79 Å². The summed E-state index contributed by atoms with van der Waals surface area (Å²) in [5.74, 6) is -0.109. The van der Waals surface area contributed by atoms with Crippen molar-refractivity contribution in [2.24, 2.45) is 4.99 Å². The fraction of sp³-hybridized carbons (Fsp3) is 0.0357. The topological polar surface area (TPSA) is 53.2 Å². The van der Waals surface area contributed by atoms with Gasteiger partial charge in [-0.2, -0.15) is 5.26 Å². The van der Waals surface area contributed by atoms with Gasteiger partial charge in [-0.3, -0.25) is 9.79 Å². The van der Waals surface area contributed by atoms with Crippen molar-refractivity contribution in [3.63, 3.8) is 0 Å². The van der Waals surface area contributed by atoms with Gasteiger partial charge in [-0.1, -0.05) is 97.1 Å². The highest BCUT2D eigenvalue weighted by molar-refractivity contribution is 6.52. The molecule has 1 aliphatic heterocycles. The van der Waals surface area contributed by atoms with Gasteiger partial charge in [0.2, 0.25) is 5.78 Å². The van der Waals surface area contributed by atoms with Crippen LogP contribution in [0.2, 0.25) is 0 Å². The molecule has 0 bridgehead atoms. The lowest BCUT2D eigenvalue weighted by molar-refractivity contribution is 0.106. The van der Waals surface area contributed by atoms with E-state index in [9.17, 15) is 4.79 Å². The molecular formula is C28H18N2O. The Kier molecular flexibility index (Phi) is 4.54. The van der Waals surface area contributed by atoms with Gasteiger partial charge in [-0.15, -0.1) is 0 Å². The molecule has 1 heterocycles. The zero-order valence-electron chi connectivity index (χ0n) is 16.7. The first kappa shape index (κ1) is 18.7. The smallest absolute Gasteiger partial charge is 0.211 e. The van der Waals surface area contributed by atoms with Crippen LogP contribution in [0.25, 0.3) is 0 Å². The minimum absolute atomic E-state index is 0.109. The van der Waals surface area contributed by atoms with Gasteiger partial charge in [0.15, 0.2) is 0 Å². The predicted octanol–water partition coefficient (Wildman–Crippen LogP) is 5.54. The van der Waals surface area contributed by atoms with Gasteiger partial charge in [0.25, 0.3) is 0 Å². The molecule has 4 aromatic rings. The lowest BCUT2D eigenvalue weighted by Crippen LogP contribution is -2.37. The molecular weight excluding hydrogens is 380 g/mol. The minimum atomic E-state index is -0.851. The monoisotopic (exact) mass is 398 g/mol. The second kappa shape index (κ2) is 7.51. The molecule has 31 heavy (non-hydrogen) atoms. The van der Waals surface area contributed by atoms with Crippen LogP contribution in [-0.2, 0) is 5.54 Å². The summed E-state index contributed by atoms with van der Waals surface area (Å²) < 4.78 is 0. The van der Waals surface area contributed by atoms with Gasteiger partial charge in [-0.25, -0.2) is 0 Å². The summed E-state index contributed by atoms with van der Waals surface area (Å²) in [4.78, 5) is 18.7. The van der Waals surface area contributed by atoms with Gasteiger partial charge in [0.05, 0.1) is 11.6 Å². The number of fused-ring (bicyclic) bond motifs is 1. The zero-order valence-corrected chi connectivity index (χ0v) is 16.7. The van der Waals surface area contributed by atoms with Crippen LogP contribution in [0, 0.1) is 11.3 Å². The summed E-state index contributed by atoms with van der Waals surface area (Å²) in [5, 5.41) is 9.15. The number of ketones is 1. The third-order valence-electron chi connectivity index (χ3n) is 5.73.